The largest absolute Gasteiger partial charge is 0.368 e. The maximum atomic E-state index is 12.1. The minimum atomic E-state index is -0.695. The predicted molar refractivity (Wildman–Crippen MR) is 123 cm³/mol. The fourth-order valence-corrected chi connectivity index (χ4v) is 2.80. The van der Waals surface area contributed by atoms with Crippen LogP contribution >= 0.6 is 0 Å². The maximum Gasteiger partial charge on any atom is 0.240 e. The van der Waals surface area contributed by atoms with Crippen LogP contribution in [0.2, 0.25) is 0 Å². The topological polar surface area (TPSA) is 98.2 Å². The third kappa shape index (κ3) is 12.1. The number of rotatable bonds is 12. The number of nitrogens with two attached hydrogens (primary N) is 2. The molecule has 164 valence electrons. The molecule has 0 bridgehead atoms. The van der Waals surface area contributed by atoms with Gasteiger partial charge in [0.15, 0.2) is 0 Å². The molecule has 0 aliphatic rings. The number of hydrogen-bond donors (Lipinski definition) is 3. The molecule has 0 saturated heterocycles. The number of benzene rings is 1. The first kappa shape index (κ1) is 26.9. The zero-order valence-corrected chi connectivity index (χ0v) is 18.8. The Balaban J connectivity index is 0.00000178. The Morgan fingerprint density at radius 2 is 1.72 bits per heavy atom. The molecular formula is C24H41N3O2. The summed E-state index contributed by atoms with van der Waals surface area (Å²) in [5.74, 6) is -0.646. The van der Waals surface area contributed by atoms with Crippen molar-refractivity contribution in [1.82, 2.24) is 5.32 Å². The van der Waals surface area contributed by atoms with E-state index in [1.165, 1.54) is 12.8 Å². The van der Waals surface area contributed by atoms with Gasteiger partial charge in [0.2, 0.25) is 11.8 Å². The third-order valence-electron chi connectivity index (χ3n) is 4.65. The monoisotopic (exact) mass is 403 g/mol. The second-order valence-corrected chi connectivity index (χ2v) is 7.28. The Morgan fingerprint density at radius 1 is 1.07 bits per heavy atom. The summed E-state index contributed by atoms with van der Waals surface area (Å²) < 4.78 is 0. The molecule has 29 heavy (non-hydrogen) atoms. The number of hydrogen-bond acceptors (Lipinski definition) is 3. The van der Waals surface area contributed by atoms with E-state index in [0.717, 1.165) is 42.4 Å². The van der Waals surface area contributed by atoms with Crippen LogP contribution in [0, 0.1) is 6.92 Å². The minimum absolute atomic E-state index is 0.138. The van der Waals surface area contributed by atoms with Crippen LogP contribution in [0.15, 0.2) is 30.3 Å². The SMILES string of the molecule is CC/C=C(/CC(NC(=O)CCCCCN)C(N)=O)c1ccccc1C.CCCC. The van der Waals surface area contributed by atoms with Crippen molar-refractivity contribution >= 4 is 17.4 Å². The van der Waals surface area contributed by atoms with Gasteiger partial charge in [-0.2, -0.15) is 0 Å². The van der Waals surface area contributed by atoms with Crippen molar-refractivity contribution in [2.24, 2.45) is 11.5 Å². The van der Waals surface area contributed by atoms with E-state index < -0.39 is 11.9 Å². The molecule has 0 saturated carbocycles. The lowest BCUT2D eigenvalue weighted by Crippen LogP contribution is -2.44. The van der Waals surface area contributed by atoms with E-state index in [1.807, 2.05) is 38.1 Å². The van der Waals surface area contributed by atoms with Crippen molar-refractivity contribution < 1.29 is 9.59 Å². The van der Waals surface area contributed by atoms with Gasteiger partial charge in [0.05, 0.1) is 0 Å². The molecule has 0 aliphatic heterocycles. The number of unbranched alkanes of at least 4 members (excludes halogenated alkanes) is 3. The minimum Gasteiger partial charge on any atom is -0.368 e. The predicted octanol–water partition coefficient (Wildman–Crippen LogP) is 4.47. The number of carbonyl (C=O) groups is 2. The molecule has 1 aromatic rings. The Bertz CT molecular complexity index is 624. The van der Waals surface area contributed by atoms with Gasteiger partial charge in [0.1, 0.15) is 6.04 Å². The highest BCUT2D eigenvalue weighted by Crippen LogP contribution is 2.24. The molecule has 1 rings (SSSR count). The van der Waals surface area contributed by atoms with Crippen molar-refractivity contribution in [3.8, 4) is 0 Å². The Hall–Kier alpha value is -2.14. The fraction of sp³-hybridized carbons (Fsp3) is 0.583. The smallest absolute Gasteiger partial charge is 0.240 e. The van der Waals surface area contributed by atoms with E-state index in [0.29, 0.717) is 19.4 Å². The first-order valence-corrected chi connectivity index (χ1v) is 10.9. The van der Waals surface area contributed by atoms with E-state index >= 15 is 0 Å². The lowest BCUT2D eigenvalue weighted by atomic mass is 9.94. The maximum absolute atomic E-state index is 12.1. The second kappa shape index (κ2) is 16.8. The number of carbonyl (C=O) groups excluding carboxylic acids is 2. The summed E-state index contributed by atoms with van der Waals surface area (Å²) in [6, 6.07) is 7.33. The zero-order chi connectivity index (χ0) is 22.1. The van der Waals surface area contributed by atoms with Gasteiger partial charge < -0.3 is 16.8 Å². The average molecular weight is 404 g/mol. The second-order valence-electron chi connectivity index (χ2n) is 7.28. The molecule has 1 unspecified atom stereocenters. The molecule has 1 aromatic carbocycles. The van der Waals surface area contributed by atoms with E-state index in [-0.39, 0.29) is 5.91 Å². The van der Waals surface area contributed by atoms with Crippen LogP contribution < -0.4 is 16.8 Å². The van der Waals surface area contributed by atoms with Gasteiger partial charge in [-0.15, -0.1) is 0 Å². The van der Waals surface area contributed by atoms with Crippen LogP contribution in [0.25, 0.3) is 5.57 Å². The summed E-state index contributed by atoms with van der Waals surface area (Å²) in [7, 11) is 0. The fourth-order valence-electron chi connectivity index (χ4n) is 2.80. The molecule has 1 atom stereocenters. The molecule has 0 fully saturated rings. The zero-order valence-electron chi connectivity index (χ0n) is 18.8. The number of allylic oxidation sites excluding steroid dienone is 1. The summed E-state index contributed by atoms with van der Waals surface area (Å²) in [5, 5.41) is 2.79. The normalized spacial score (nSPS) is 12.0. The molecule has 0 aromatic heterocycles. The number of amides is 2. The van der Waals surface area contributed by atoms with Crippen molar-refractivity contribution in [2.75, 3.05) is 6.54 Å². The van der Waals surface area contributed by atoms with E-state index in [1.54, 1.807) is 0 Å². The van der Waals surface area contributed by atoms with Gasteiger partial charge >= 0.3 is 0 Å². The van der Waals surface area contributed by atoms with E-state index in [4.69, 9.17) is 11.5 Å². The lowest BCUT2D eigenvalue weighted by Gasteiger charge is -2.19. The number of aryl methyl sites for hydroxylation is 1. The third-order valence-corrected chi connectivity index (χ3v) is 4.65. The van der Waals surface area contributed by atoms with Crippen LogP contribution in [0.1, 0.15) is 83.3 Å². The van der Waals surface area contributed by atoms with Crippen molar-refractivity contribution in [3.05, 3.63) is 41.5 Å². The molecule has 5 heteroatoms. The van der Waals surface area contributed by atoms with Crippen molar-refractivity contribution in [3.63, 3.8) is 0 Å². The quantitative estimate of drug-likeness (QED) is 0.449. The molecule has 5 N–H and O–H groups in total. The summed E-state index contributed by atoms with van der Waals surface area (Å²) in [6.07, 6.45) is 8.96. The van der Waals surface area contributed by atoms with Gasteiger partial charge in [-0.1, -0.05) is 70.4 Å². The Morgan fingerprint density at radius 3 is 2.24 bits per heavy atom. The highest BCUT2D eigenvalue weighted by molar-refractivity contribution is 5.88. The lowest BCUT2D eigenvalue weighted by molar-refractivity contribution is -0.127. The summed E-state index contributed by atoms with van der Waals surface area (Å²) in [6.45, 7) is 9.08. The summed E-state index contributed by atoms with van der Waals surface area (Å²) in [4.78, 5) is 23.9. The first-order chi connectivity index (χ1) is 13.9. The van der Waals surface area contributed by atoms with Gasteiger partial charge in [0, 0.05) is 12.8 Å². The summed E-state index contributed by atoms with van der Waals surface area (Å²) >= 11 is 0. The molecule has 0 aliphatic carbocycles. The Labute approximate surface area is 177 Å². The van der Waals surface area contributed by atoms with Crippen LogP contribution in [-0.4, -0.2) is 24.4 Å². The van der Waals surface area contributed by atoms with Gasteiger partial charge in [-0.05, 0) is 49.4 Å². The molecule has 2 amide bonds. The van der Waals surface area contributed by atoms with Crippen LogP contribution in [-0.2, 0) is 9.59 Å². The first-order valence-electron chi connectivity index (χ1n) is 10.9. The molecule has 0 radical (unpaired) electrons. The summed E-state index contributed by atoms with van der Waals surface area (Å²) in [5.41, 5.74) is 14.2. The molecular weight excluding hydrogens is 362 g/mol. The highest BCUT2D eigenvalue weighted by atomic mass is 16.2. The van der Waals surface area contributed by atoms with Gasteiger partial charge in [0.25, 0.3) is 0 Å². The van der Waals surface area contributed by atoms with Gasteiger partial charge in [-0.3, -0.25) is 9.59 Å². The highest BCUT2D eigenvalue weighted by Gasteiger charge is 2.20. The van der Waals surface area contributed by atoms with Gasteiger partial charge in [-0.25, -0.2) is 0 Å². The van der Waals surface area contributed by atoms with Crippen LogP contribution in [0.3, 0.4) is 0 Å². The Kier molecular flexibility index (Phi) is 15.5. The molecule has 5 nitrogen and oxygen atoms in total. The van der Waals surface area contributed by atoms with E-state index in [2.05, 4.69) is 25.2 Å². The van der Waals surface area contributed by atoms with E-state index in [9.17, 15) is 9.59 Å². The van der Waals surface area contributed by atoms with Crippen LogP contribution in [0.5, 0.6) is 0 Å². The standard InChI is InChI=1S/C20H31N3O2.C4H10/c1-3-9-16(17-11-7-6-10-15(17)2)14-18(20(22)25)23-19(24)12-5-4-8-13-21;1-3-4-2/h6-7,9-11,18H,3-5,8,12-14,21H2,1-2H3,(H2,22,25)(H,23,24);3-4H2,1-2H3/b16-9-;. The molecule has 0 heterocycles. The number of nitrogens with one attached hydrogen (secondary N) is 1. The van der Waals surface area contributed by atoms with Crippen molar-refractivity contribution in [1.29, 1.82) is 0 Å². The average Bonchev–Trinajstić information content (AvgIpc) is 2.70. The van der Waals surface area contributed by atoms with Crippen molar-refractivity contribution in [2.45, 2.75) is 85.1 Å². The molecule has 0 spiro atoms. The number of primary amides is 1. The van der Waals surface area contributed by atoms with Crippen LogP contribution in [0.4, 0.5) is 0 Å².